The Hall–Kier alpha value is -2.69. The van der Waals surface area contributed by atoms with Crippen molar-refractivity contribution in [3.8, 4) is 17.2 Å². The smallest absolute Gasteiger partial charge is 0.224 e. The summed E-state index contributed by atoms with van der Waals surface area (Å²) in [5.74, 6) is 2.06. The van der Waals surface area contributed by atoms with E-state index in [0.717, 1.165) is 11.3 Å². The summed E-state index contributed by atoms with van der Waals surface area (Å²) in [6.45, 7) is 2.51. The number of carbonyl (C=O) groups is 1. The fourth-order valence-corrected chi connectivity index (χ4v) is 2.32. The molecule has 0 saturated carbocycles. The fourth-order valence-electron chi connectivity index (χ4n) is 2.32. The van der Waals surface area contributed by atoms with Crippen LogP contribution in [0.25, 0.3) is 0 Å². The maximum absolute atomic E-state index is 12.1. The molecule has 5 heteroatoms. The molecule has 0 fully saturated rings. The first-order valence-corrected chi connectivity index (χ1v) is 7.90. The molecule has 0 unspecified atom stereocenters. The molecule has 0 aliphatic rings. The molecule has 1 N–H and O–H groups in total. The number of carbonyl (C=O) groups excluding carboxylic acids is 1. The number of methoxy groups -OCH3 is 2. The number of nitrogens with one attached hydrogen (secondary N) is 1. The summed E-state index contributed by atoms with van der Waals surface area (Å²) < 4.78 is 16.0. The molecular weight excluding hydrogens is 306 g/mol. The molecule has 0 bridgehead atoms. The van der Waals surface area contributed by atoms with Crippen LogP contribution in [0, 0.1) is 0 Å². The number of rotatable bonds is 8. The van der Waals surface area contributed by atoms with Crippen LogP contribution in [0.4, 0.5) is 5.69 Å². The van der Waals surface area contributed by atoms with Crippen molar-refractivity contribution in [2.75, 3.05) is 26.1 Å². The first kappa shape index (κ1) is 17.7. The molecule has 0 spiro atoms. The van der Waals surface area contributed by atoms with Gasteiger partial charge < -0.3 is 19.5 Å². The average molecular weight is 329 g/mol. The first-order valence-electron chi connectivity index (χ1n) is 7.90. The molecule has 2 aromatic rings. The van der Waals surface area contributed by atoms with Crippen LogP contribution in [0.5, 0.6) is 17.2 Å². The second-order valence-corrected chi connectivity index (χ2v) is 5.20. The summed E-state index contributed by atoms with van der Waals surface area (Å²) in [5.41, 5.74) is 1.75. The van der Waals surface area contributed by atoms with Crippen LogP contribution in [-0.2, 0) is 11.2 Å². The zero-order chi connectivity index (χ0) is 17.4. The highest BCUT2D eigenvalue weighted by Crippen LogP contribution is 2.28. The van der Waals surface area contributed by atoms with Crippen molar-refractivity contribution < 1.29 is 19.0 Å². The molecule has 24 heavy (non-hydrogen) atoms. The molecule has 0 aliphatic carbocycles. The van der Waals surface area contributed by atoms with Gasteiger partial charge in [0, 0.05) is 18.2 Å². The molecule has 0 heterocycles. The van der Waals surface area contributed by atoms with E-state index in [9.17, 15) is 4.79 Å². The largest absolute Gasteiger partial charge is 0.497 e. The van der Waals surface area contributed by atoms with Crippen molar-refractivity contribution in [3.63, 3.8) is 0 Å². The monoisotopic (exact) mass is 329 g/mol. The van der Waals surface area contributed by atoms with Gasteiger partial charge in [0.05, 0.1) is 20.8 Å². The minimum absolute atomic E-state index is 0.0453. The van der Waals surface area contributed by atoms with Crippen molar-refractivity contribution in [3.05, 3.63) is 48.0 Å². The number of hydrogen-bond acceptors (Lipinski definition) is 4. The van der Waals surface area contributed by atoms with E-state index in [1.165, 1.54) is 0 Å². The fraction of sp³-hybridized carbons (Fsp3) is 0.316. The Morgan fingerprint density at radius 2 is 1.88 bits per heavy atom. The second kappa shape index (κ2) is 8.82. The first-order chi connectivity index (χ1) is 11.7. The molecule has 5 nitrogen and oxygen atoms in total. The number of benzene rings is 2. The predicted octanol–water partition coefficient (Wildman–Crippen LogP) is 3.67. The van der Waals surface area contributed by atoms with E-state index in [0.29, 0.717) is 36.7 Å². The summed E-state index contributed by atoms with van der Waals surface area (Å²) in [5, 5.41) is 2.87. The molecule has 0 aliphatic heterocycles. The Balaban J connectivity index is 1.93. The normalized spacial score (nSPS) is 10.1. The molecular formula is C19H23NO4. The number of anilines is 1. The van der Waals surface area contributed by atoms with Gasteiger partial charge in [-0.2, -0.15) is 0 Å². The molecule has 2 aromatic carbocycles. The number of amides is 1. The Labute approximate surface area is 142 Å². The van der Waals surface area contributed by atoms with Gasteiger partial charge in [-0.25, -0.2) is 0 Å². The van der Waals surface area contributed by atoms with Gasteiger partial charge in [-0.15, -0.1) is 0 Å². The van der Waals surface area contributed by atoms with E-state index in [1.54, 1.807) is 20.3 Å². The van der Waals surface area contributed by atoms with Gasteiger partial charge in [-0.3, -0.25) is 4.79 Å². The molecule has 0 saturated heterocycles. The molecule has 2 rings (SSSR count). The van der Waals surface area contributed by atoms with Crippen molar-refractivity contribution in [1.29, 1.82) is 0 Å². The highest BCUT2D eigenvalue weighted by atomic mass is 16.5. The molecule has 128 valence electrons. The Morgan fingerprint density at radius 1 is 1.04 bits per heavy atom. The third-order valence-electron chi connectivity index (χ3n) is 3.52. The number of aryl methyl sites for hydroxylation is 1. The van der Waals surface area contributed by atoms with Crippen LogP contribution >= 0.6 is 0 Å². The zero-order valence-corrected chi connectivity index (χ0v) is 14.3. The van der Waals surface area contributed by atoms with Gasteiger partial charge in [0.25, 0.3) is 0 Å². The van der Waals surface area contributed by atoms with Gasteiger partial charge in [0.2, 0.25) is 5.91 Å². The van der Waals surface area contributed by atoms with Crippen molar-refractivity contribution >= 4 is 11.6 Å². The maximum atomic E-state index is 12.1. The predicted molar refractivity (Wildman–Crippen MR) is 94.1 cm³/mol. The van der Waals surface area contributed by atoms with Crippen molar-refractivity contribution in [2.24, 2.45) is 0 Å². The van der Waals surface area contributed by atoms with Gasteiger partial charge >= 0.3 is 0 Å². The lowest BCUT2D eigenvalue weighted by Crippen LogP contribution is -2.12. The van der Waals surface area contributed by atoms with Gasteiger partial charge in [0.1, 0.15) is 5.75 Å². The Kier molecular flexibility index (Phi) is 6.49. The molecule has 0 radical (unpaired) electrons. The van der Waals surface area contributed by atoms with Crippen molar-refractivity contribution in [1.82, 2.24) is 0 Å². The van der Waals surface area contributed by atoms with E-state index in [1.807, 2.05) is 43.3 Å². The topological polar surface area (TPSA) is 56.8 Å². The van der Waals surface area contributed by atoms with Crippen LogP contribution in [0.15, 0.2) is 42.5 Å². The Bertz CT molecular complexity index is 685. The third-order valence-corrected chi connectivity index (χ3v) is 3.52. The molecule has 0 atom stereocenters. The lowest BCUT2D eigenvalue weighted by Gasteiger charge is -2.11. The lowest BCUT2D eigenvalue weighted by molar-refractivity contribution is -0.116. The summed E-state index contributed by atoms with van der Waals surface area (Å²) in [6, 6.07) is 13.0. The highest BCUT2D eigenvalue weighted by molar-refractivity contribution is 5.91. The minimum atomic E-state index is -0.0453. The third kappa shape index (κ3) is 4.91. The van der Waals surface area contributed by atoms with E-state index in [4.69, 9.17) is 14.2 Å². The number of ether oxygens (including phenoxy) is 3. The maximum Gasteiger partial charge on any atom is 0.224 e. The summed E-state index contributed by atoms with van der Waals surface area (Å²) >= 11 is 0. The SMILES string of the molecule is CCOc1ccc(CCC(=O)Nc2cccc(OC)c2)cc1OC. The standard InChI is InChI=1S/C19H23NO4/c1-4-24-17-10-8-14(12-18(17)23-3)9-11-19(21)20-15-6-5-7-16(13-15)22-2/h5-8,10,12-13H,4,9,11H2,1-3H3,(H,20,21). The van der Waals surface area contributed by atoms with Gasteiger partial charge in [-0.05, 0) is 43.2 Å². The van der Waals surface area contributed by atoms with Crippen LogP contribution in [0.1, 0.15) is 18.9 Å². The number of hydrogen-bond donors (Lipinski definition) is 1. The summed E-state index contributed by atoms with van der Waals surface area (Å²) in [6.07, 6.45) is 1.01. The van der Waals surface area contributed by atoms with E-state index in [2.05, 4.69) is 5.32 Å². The highest BCUT2D eigenvalue weighted by Gasteiger charge is 2.08. The molecule has 1 amide bonds. The van der Waals surface area contributed by atoms with Crippen LogP contribution in [-0.4, -0.2) is 26.7 Å². The van der Waals surface area contributed by atoms with Crippen LogP contribution in [0.3, 0.4) is 0 Å². The lowest BCUT2D eigenvalue weighted by atomic mass is 10.1. The van der Waals surface area contributed by atoms with E-state index in [-0.39, 0.29) is 5.91 Å². The van der Waals surface area contributed by atoms with Gasteiger partial charge in [-0.1, -0.05) is 12.1 Å². The second-order valence-electron chi connectivity index (χ2n) is 5.20. The van der Waals surface area contributed by atoms with Crippen LogP contribution in [0.2, 0.25) is 0 Å². The minimum Gasteiger partial charge on any atom is -0.497 e. The van der Waals surface area contributed by atoms with Crippen LogP contribution < -0.4 is 19.5 Å². The van der Waals surface area contributed by atoms with Gasteiger partial charge in [0.15, 0.2) is 11.5 Å². The molecule has 0 aromatic heterocycles. The summed E-state index contributed by atoms with van der Waals surface area (Å²) in [7, 11) is 3.21. The quantitative estimate of drug-likeness (QED) is 0.803. The van der Waals surface area contributed by atoms with Crippen molar-refractivity contribution in [2.45, 2.75) is 19.8 Å². The average Bonchev–Trinajstić information content (AvgIpc) is 2.61. The van der Waals surface area contributed by atoms with E-state index >= 15 is 0 Å². The zero-order valence-electron chi connectivity index (χ0n) is 14.3. The summed E-state index contributed by atoms with van der Waals surface area (Å²) in [4.78, 5) is 12.1. The Morgan fingerprint density at radius 3 is 2.58 bits per heavy atom. The van der Waals surface area contributed by atoms with E-state index < -0.39 is 0 Å².